The van der Waals surface area contributed by atoms with Crippen LogP contribution in [0.2, 0.25) is 0 Å². The maximum atomic E-state index is 9.22. The highest BCUT2D eigenvalue weighted by atomic mass is 16.3. The molecular weight excluding hydrogens is 248 g/mol. The number of nitrogens with one attached hydrogen (secondary N) is 2. The summed E-state index contributed by atoms with van der Waals surface area (Å²) in [5, 5.41) is 16.1. The van der Waals surface area contributed by atoms with Gasteiger partial charge in [0.15, 0.2) is 0 Å². The van der Waals surface area contributed by atoms with Gasteiger partial charge in [0, 0.05) is 31.9 Å². The fraction of sp³-hybridized carbons (Fsp3) is 0.765. The number of hydrogen-bond acceptors (Lipinski definition) is 3. The molecule has 0 saturated heterocycles. The van der Waals surface area contributed by atoms with Crippen molar-refractivity contribution in [1.82, 2.24) is 10.6 Å². The smallest absolute Gasteiger partial charge is 0.0471 e. The van der Waals surface area contributed by atoms with Gasteiger partial charge < -0.3 is 15.7 Å². The van der Waals surface area contributed by atoms with E-state index in [1.807, 2.05) is 0 Å². The monoisotopic (exact) mass is 282 g/mol. The summed E-state index contributed by atoms with van der Waals surface area (Å²) in [5.41, 5.74) is 3.94. The first-order valence-electron chi connectivity index (χ1n) is 7.93. The van der Waals surface area contributed by atoms with Crippen LogP contribution in [0.25, 0.3) is 0 Å². The van der Waals surface area contributed by atoms with E-state index in [1.165, 1.54) is 16.8 Å². The van der Waals surface area contributed by atoms with Gasteiger partial charge in [0.1, 0.15) is 0 Å². The van der Waals surface area contributed by atoms with Crippen molar-refractivity contribution < 1.29 is 5.11 Å². The number of rotatable bonds is 12. The number of aliphatic hydroxyl groups excluding tert-OH is 1. The topological polar surface area (TPSA) is 44.3 Å². The molecule has 0 aliphatic heterocycles. The minimum atomic E-state index is 0.284. The molecule has 0 aliphatic rings. The molecule has 1 unspecified atom stereocenters. The predicted molar refractivity (Wildman–Crippen MR) is 88.8 cm³/mol. The van der Waals surface area contributed by atoms with Crippen LogP contribution in [0.4, 0.5) is 0 Å². The van der Waals surface area contributed by atoms with Crippen molar-refractivity contribution in [2.24, 2.45) is 5.92 Å². The molecule has 0 amide bonds. The van der Waals surface area contributed by atoms with Crippen molar-refractivity contribution in [3.63, 3.8) is 0 Å². The molecule has 0 aliphatic carbocycles. The highest BCUT2D eigenvalue weighted by Crippen LogP contribution is 2.15. The Morgan fingerprint density at radius 3 is 2.40 bits per heavy atom. The van der Waals surface area contributed by atoms with Gasteiger partial charge in [0.2, 0.25) is 0 Å². The summed E-state index contributed by atoms with van der Waals surface area (Å²) >= 11 is 0. The molecule has 0 aromatic rings. The fourth-order valence-electron chi connectivity index (χ4n) is 2.32. The molecule has 118 valence electrons. The van der Waals surface area contributed by atoms with Gasteiger partial charge in [0.05, 0.1) is 0 Å². The van der Waals surface area contributed by atoms with Crippen LogP contribution < -0.4 is 10.6 Å². The number of hydrogen-bond donors (Lipinski definition) is 3. The second kappa shape index (κ2) is 12.0. The molecule has 0 fully saturated rings. The summed E-state index contributed by atoms with van der Waals surface area (Å²) in [6, 6.07) is 0. The first-order chi connectivity index (χ1) is 9.54. The molecule has 0 heterocycles. The lowest BCUT2D eigenvalue weighted by atomic mass is 10.0. The van der Waals surface area contributed by atoms with Crippen LogP contribution >= 0.6 is 0 Å². The normalized spacial score (nSPS) is 13.8. The lowest BCUT2D eigenvalue weighted by molar-refractivity contribution is 0.214. The molecule has 0 rings (SSSR count). The zero-order chi connectivity index (χ0) is 15.4. The van der Waals surface area contributed by atoms with Crippen molar-refractivity contribution in [3.05, 3.63) is 23.4 Å². The van der Waals surface area contributed by atoms with Crippen LogP contribution in [0, 0.1) is 5.92 Å². The molecule has 20 heavy (non-hydrogen) atoms. The molecule has 0 spiro atoms. The van der Waals surface area contributed by atoms with E-state index in [0.717, 1.165) is 45.3 Å². The molecule has 0 bridgehead atoms. The summed E-state index contributed by atoms with van der Waals surface area (Å²) in [4.78, 5) is 0. The van der Waals surface area contributed by atoms with E-state index < -0.39 is 0 Å². The molecule has 0 saturated carbocycles. The Labute approximate surface area is 125 Å². The van der Waals surface area contributed by atoms with Gasteiger partial charge in [-0.15, -0.1) is 0 Å². The summed E-state index contributed by atoms with van der Waals surface area (Å²) in [7, 11) is 0. The molecule has 1 atom stereocenters. The number of allylic oxidation sites excluding steroid dienone is 3. The zero-order valence-corrected chi connectivity index (χ0v) is 13.9. The molecule has 0 radical (unpaired) electrons. The summed E-state index contributed by atoms with van der Waals surface area (Å²) in [6.07, 6.45) is 4.29. The Kier molecular flexibility index (Phi) is 11.5. The summed E-state index contributed by atoms with van der Waals surface area (Å²) in [6.45, 7) is 15.6. The highest BCUT2D eigenvalue weighted by molar-refractivity contribution is 5.16. The van der Waals surface area contributed by atoms with Crippen molar-refractivity contribution >= 4 is 0 Å². The SMILES string of the molecule is C=C(C)C/C(CC)=C(\C)NCCNCC(CO)CCC. The quantitative estimate of drug-likeness (QED) is 0.380. The van der Waals surface area contributed by atoms with Crippen LogP contribution in [-0.2, 0) is 0 Å². The van der Waals surface area contributed by atoms with Crippen LogP contribution in [0.3, 0.4) is 0 Å². The Balaban J connectivity index is 3.92. The van der Waals surface area contributed by atoms with Gasteiger partial charge in [0.25, 0.3) is 0 Å². The molecule has 0 aromatic heterocycles. The van der Waals surface area contributed by atoms with E-state index in [1.54, 1.807) is 0 Å². The fourth-order valence-corrected chi connectivity index (χ4v) is 2.32. The third kappa shape index (κ3) is 9.16. The second-order valence-electron chi connectivity index (χ2n) is 5.68. The van der Waals surface area contributed by atoms with Gasteiger partial charge >= 0.3 is 0 Å². The third-order valence-electron chi connectivity index (χ3n) is 3.55. The van der Waals surface area contributed by atoms with Crippen molar-refractivity contribution in [1.29, 1.82) is 0 Å². The molecular formula is C17H34N2O. The Morgan fingerprint density at radius 1 is 1.20 bits per heavy atom. The van der Waals surface area contributed by atoms with E-state index in [9.17, 15) is 5.11 Å². The van der Waals surface area contributed by atoms with Crippen molar-refractivity contribution in [3.8, 4) is 0 Å². The predicted octanol–water partition coefficient (Wildman–Crippen LogP) is 3.22. The molecule has 0 aromatic carbocycles. The van der Waals surface area contributed by atoms with Crippen molar-refractivity contribution in [2.45, 2.75) is 53.4 Å². The lowest BCUT2D eigenvalue weighted by Gasteiger charge is -2.16. The standard InChI is InChI=1S/C17H34N2O/c1-6-8-16(13-20)12-18-9-10-19-15(5)17(7-2)11-14(3)4/h16,18-20H,3,6-13H2,1-2,4-5H3/b17-15+. The first-order valence-corrected chi connectivity index (χ1v) is 7.93. The zero-order valence-electron chi connectivity index (χ0n) is 13.9. The Hall–Kier alpha value is -0.800. The molecule has 3 nitrogen and oxygen atoms in total. The van der Waals surface area contributed by atoms with E-state index in [2.05, 4.69) is 44.9 Å². The van der Waals surface area contributed by atoms with Crippen LogP contribution in [0.15, 0.2) is 23.4 Å². The Bertz CT molecular complexity index is 297. The Morgan fingerprint density at radius 2 is 1.90 bits per heavy atom. The van der Waals surface area contributed by atoms with Crippen LogP contribution in [-0.4, -0.2) is 31.3 Å². The van der Waals surface area contributed by atoms with Crippen LogP contribution in [0.1, 0.15) is 53.4 Å². The van der Waals surface area contributed by atoms with E-state index in [0.29, 0.717) is 5.92 Å². The van der Waals surface area contributed by atoms with Crippen molar-refractivity contribution in [2.75, 3.05) is 26.2 Å². The minimum absolute atomic E-state index is 0.284. The maximum absolute atomic E-state index is 9.22. The summed E-state index contributed by atoms with van der Waals surface area (Å²) in [5.74, 6) is 0.395. The second-order valence-corrected chi connectivity index (χ2v) is 5.68. The van der Waals surface area contributed by atoms with Crippen LogP contribution in [0.5, 0.6) is 0 Å². The largest absolute Gasteiger partial charge is 0.396 e. The van der Waals surface area contributed by atoms with Gasteiger partial charge in [-0.05, 0) is 44.6 Å². The van der Waals surface area contributed by atoms with Gasteiger partial charge in [-0.2, -0.15) is 0 Å². The van der Waals surface area contributed by atoms with E-state index >= 15 is 0 Å². The van der Waals surface area contributed by atoms with Gasteiger partial charge in [-0.3, -0.25) is 0 Å². The first kappa shape index (κ1) is 19.2. The maximum Gasteiger partial charge on any atom is 0.0471 e. The van der Waals surface area contributed by atoms with Gasteiger partial charge in [-0.1, -0.05) is 32.4 Å². The molecule has 3 heteroatoms. The van der Waals surface area contributed by atoms with E-state index in [-0.39, 0.29) is 6.61 Å². The average molecular weight is 282 g/mol. The third-order valence-corrected chi connectivity index (χ3v) is 3.55. The average Bonchev–Trinajstić information content (AvgIpc) is 2.42. The number of aliphatic hydroxyl groups is 1. The highest BCUT2D eigenvalue weighted by Gasteiger charge is 2.05. The summed E-state index contributed by atoms with van der Waals surface area (Å²) < 4.78 is 0. The van der Waals surface area contributed by atoms with E-state index in [4.69, 9.17) is 0 Å². The molecule has 3 N–H and O–H groups in total. The van der Waals surface area contributed by atoms with Gasteiger partial charge in [-0.25, -0.2) is 0 Å². The minimum Gasteiger partial charge on any atom is -0.396 e. The lowest BCUT2D eigenvalue weighted by Crippen LogP contribution is -2.31.